The number of nitrogens with one attached hydrogen (secondary N) is 1. The number of nitrogens with zero attached hydrogens (tertiary/aromatic N) is 4. The summed E-state index contributed by atoms with van der Waals surface area (Å²) < 4.78 is 2.82. The van der Waals surface area contributed by atoms with E-state index in [9.17, 15) is 0 Å². The smallest absolute Gasteiger partial charge is 0.183 e. The summed E-state index contributed by atoms with van der Waals surface area (Å²) in [4.78, 5) is 13.6. The molecule has 1 unspecified atom stereocenters. The van der Waals surface area contributed by atoms with Gasteiger partial charge in [-0.25, -0.2) is 14.5 Å². The topological polar surface area (TPSA) is 47.5 Å². The predicted molar refractivity (Wildman–Crippen MR) is 98.5 cm³/mol. The number of quaternary nitrogens is 1. The molecule has 3 aromatic heterocycles. The Morgan fingerprint density at radius 3 is 3.04 bits per heavy atom. The van der Waals surface area contributed by atoms with Gasteiger partial charge >= 0.3 is 0 Å². The lowest BCUT2D eigenvalue weighted by Crippen LogP contribution is -3.08. The standard InChI is InChI=1S/C17H14BrN5S/c1-22-7-6-11-13(8-22)24-17-14(11)16-20-15(21-23(16)9-19-17)10-4-2-3-5-12(10)18/h2-5,9H,6-8H2,1H3/p+1. The Morgan fingerprint density at radius 1 is 1.29 bits per heavy atom. The summed E-state index contributed by atoms with van der Waals surface area (Å²) in [5, 5.41) is 5.84. The fourth-order valence-corrected chi connectivity index (χ4v) is 5.12. The summed E-state index contributed by atoms with van der Waals surface area (Å²) in [7, 11) is 2.25. The monoisotopic (exact) mass is 400 g/mol. The summed E-state index contributed by atoms with van der Waals surface area (Å²) in [6, 6.07) is 8.05. The number of thiophene rings is 1. The van der Waals surface area contributed by atoms with Crippen LogP contribution in [-0.4, -0.2) is 33.2 Å². The van der Waals surface area contributed by atoms with Gasteiger partial charge in [0.05, 0.1) is 23.9 Å². The van der Waals surface area contributed by atoms with Gasteiger partial charge < -0.3 is 4.90 Å². The van der Waals surface area contributed by atoms with Crippen molar-refractivity contribution in [2.75, 3.05) is 13.6 Å². The average molecular weight is 401 g/mol. The molecule has 5 rings (SSSR count). The van der Waals surface area contributed by atoms with E-state index in [0.717, 1.165) is 45.8 Å². The number of hydrogen-bond acceptors (Lipinski definition) is 4. The van der Waals surface area contributed by atoms with Gasteiger partial charge in [-0.1, -0.05) is 28.1 Å². The van der Waals surface area contributed by atoms with Gasteiger partial charge in [0.2, 0.25) is 0 Å². The Morgan fingerprint density at radius 2 is 2.17 bits per heavy atom. The van der Waals surface area contributed by atoms with Crippen molar-refractivity contribution in [3.63, 3.8) is 0 Å². The molecule has 0 saturated heterocycles. The molecule has 1 atom stereocenters. The van der Waals surface area contributed by atoms with Crippen LogP contribution in [0.4, 0.5) is 0 Å². The maximum atomic E-state index is 4.85. The second-order valence-corrected chi connectivity index (χ2v) is 8.18. The van der Waals surface area contributed by atoms with Gasteiger partial charge in [-0.15, -0.1) is 16.4 Å². The molecule has 7 heteroatoms. The first-order valence-corrected chi connectivity index (χ1v) is 9.53. The molecule has 1 aliphatic heterocycles. The normalized spacial score (nSPS) is 17.5. The molecule has 0 spiro atoms. The molecule has 0 aliphatic carbocycles. The zero-order valence-electron chi connectivity index (χ0n) is 13.1. The van der Waals surface area contributed by atoms with E-state index in [1.54, 1.807) is 22.6 Å². The van der Waals surface area contributed by atoms with E-state index in [1.807, 2.05) is 28.8 Å². The first-order valence-electron chi connectivity index (χ1n) is 7.92. The van der Waals surface area contributed by atoms with Crippen LogP contribution in [0.2, 0.25) is 0 Å². The van der Waals surface area contributed by atoms with Crippen molar-refractivity contribution in [3.05, 3.63) is 45.5 Å². The maximum Gasteiger partial charge on any atom is 0.183 e. The van der Waals surface area contributed by atoms with E-state index >= 15 is 0 Å². The lowest BCUT2D eigenvalue weighted by atomic mass is 10.1. The van der Waals surface area contributed by atoms with Crippen molar-refractivity contribution in [1.29, 1.82) is 0 Å². The highest BCUT2D eigenvalue weighted by molar-refractivity contribution is 9.10. The minimum absolute atomic E-state index is 0.732. The van der Waals surface area contributed by atoms with Crippen LogP contribution in [0.1, 0.15) is 10.4 Å². The molecule has 0 fully saturated rings. The first-order chi connectivity index (χ1) is 11.7. The van der Waals surface area contributed by atoms with Gasteiger partial charge in [-0.2, -0.15) is 0 Å². The second kappa shape index (κ2) is 5.34. The van der Waals surface area contributed by atoms with E-state index in [0.29, 0.717) is 0 Å². The summed E-state index contributed by atoms with van der Waals surface area (Å²) in [5.74, 6) is 0.732. The fourth-order valence-electron chi connectivity index (χ4n) is 3.37. The van der Waals surface area contributed by atoms with Crippen molar-refractivity contribution in [2.24, 2.45) is 0 Å². The summed E-state index contributed by atoms with van der Waals surface area (Å²) in [6.45, 7) is 2.23. The van der Waals surface area contributed by atoms with Gasteiger partial charge in [-0.05, 0) is 17.7 Å². The zero-order valence-corrected chi connectivity index (χ0v) is 15.5. The van der Waals surface area contributed by atoms with Crippen molar-refractivity contribution < 1.29 is 4.90 Å². The molecule has 24 heavy (non-hydrogen) atoms. The van der Waals surface area contributed by atoms with Crippen LogP contribution in [0.15, 0.2) is 35.1 Å². The Balaban J connectivity index is 1.78. The van der Waals surface area contributed by atoms with E-state index in [2.05, 4.69) is 33.1 Å². The zero-order chi connectivity index (χ0) is 16.3. The van der Waals surface area contributed by atoms with Crippen molar-refractivity contribution in [3.8, 4) is 11.4 Å². The molecule has 120 valence electrons. The van der Waals surface area contributed by atoms with Gasteiger partial charge in [0.25, 0.3) is 0 Å². The fraction of sp³-hybridized carbons (Fsp3) is 0.235. The number of hydrogen-bond donors (Lipinski definition) is 1. The second-order valence-electron chi connectivity index (χ2n) is 6.25. The highest BCUT2D eigenvalue weighted by Gasteiger charge is 2.24. The van der Waals surface area contributed by atoms with Crippen molar-refractivity contribution in [2.45, 2.75) is 13.0 Å². The highest BCUT2D eigenvalue weighted by Crippen LogP contribution is 2.34. The molecule has 4 heterocycles. The van der Waals surface area contributed by atoms with E-state index in [-0.39, 0.29) is 0 Å². The molecule has 1 aromatic carbocycles. The maximum absolute atomic E-state index is 4.85. The average Bonchev–Trinajstić information content (AvgIpc) is 3.14. The molecule has 0 bridgehead atoms. The summed E-state index contributed by atoms with van der Waals surface area (Å²) in [6.07, 6.45) is 2.86. The third-order valence-electron chi connectivity index (χ3n) is 4.59. The van der Waals surface area contributed by atoms with Gasteiger partial charge in [0.15, 0.2) is 11.5 Å². The molecule has 1 N–H and O–H groups in total. The Bertz CT molecular complexity index is 1080. The number of halogens is 1. The summed E-state index contributed by atoms with van der Waals surface area (Å²) >= 11 is 5.40. The minimum Gasteiger partial charge on any atom is -0.333 e. The first kappa shape index (κ1) is 14.5. The van der Waals surface area contributed by atoms with E-state index in [4.69, 9.17) is 4.98 Å². The van der Waals surface area contributed by atoms with Crippen molar-refractivity contribution >= 4 is 43.1 Å². The molecule has 4 aromatic rings. The van der Waals surface area contributed by atoms with Crippen LogP contribution < -0.4 is 4.90 Å². The predicted octanol–water partition coefficient (Wildman–Crippen LogP) is 2.34. The van der Waals surface area contributed by atoms with Crippen LogP contribution >= 0.6 is 27.3 Å². The van der Waals surface area contributed by atoms with Crippen LogP contribution in [-0.2, 0) is 13.0 Å². The lowest BCUT2D eigenvalue weighted by molar-refractivity contribution is -0.895. The van der Waals surface area contributed by atoms with Gasteiger partial charge in [0, 0.05) is 16.5 Å². The molecule has 0 saturated carbocycles. The number of benzene rings is 1. The molecule has 0 radical (unpaired) electrons. The lowest BCUT2D eigenvalue weighted by Gasteiger charge is -2.19. The molecule has 0 amide bonds. The molecule has 5 nitrogen and oxygen atoms in total. The Labute approximate surface area is 151 Å². The van der Waals surface area contributed by atoms with Crippen LogP contribution in [0.3, 0.4) is 0 Å². The Hall–Kier alpha value is -1.83. The number of rotatable bonds is 1. The van der Waals surface area contributed by atoms with E-state index in [1.165, 1.54) is 15.8 Å². The van der Waals surface area contributed by atoms with E-state index < -0.39 is 0 Å². The van der Waals surface area contributed by atoms with Crippen molar-refractivity contribution in [1.82, 2.24) is 19.6 Å². The molecular formula is C17H15BrN5S+. The minimum atomic E-state index is 0.732. The van der Waals surface area contributed by atoms with Gasteiger partial charge in [-0.3, -0.25) is 0 Å². The highest BCUT2D eigenvalue weighted by atomic mass is 79.9. The Kier molecular flexibility index (Phi) is 3.23. The number of aromatic nitrogens is 4. The summed E-state index contributed by atoms with van der Waals surface area (Å²) in [5.41, 5.74) is 3.34. The SMILES string of the molecule is C[NH+]1CCc2c(sc3ncn4nc(-c5ccccc5Br)nc4c23)C1. The van der Waals surface area contributed by atoms with Gasteiger partial charge in [0.1, 0.15) is 17.7 Å². The number of fused-ring (bicyclic) bond motifs is 5. The van der Waals surface area contributed by atoms with Crippen LogP contribution in [0.25, 0.3) is 27.3 Å². The quantitative estimate of drug-likeness (QED) is 0.533. The number of likely N-dealkylation sites (N-methyl/N-ethyl adjacent to an activating group) is 1. The third kappa shape index (κ3) is 2.12. The molecule has 1 aliphatic rings. The largest absolute Gasteiger partial charge is 0.333 e. The van der Waals surface area contributed by atoms with Crippen LogP contribution in [0.5, 0.6) is 0 Å². The third-order valence-corrected chi connectivity index (χ3v) is 6.42. The molecular weight excluding hydrogens is 386 g/mol. The van der Waals surface area contributed by atoms with Crippen LogP contribution in [0, 0.1) is 0 Å².